The Morgan fingerprint density at radius 1 is 1.23 bits per heavy atom. The molecule has 16 heteroatoms. The Balaban J connectivity index is 1.65. The van der Waals surface area contributed by atoms with E-state index >= 15 is 0 Å². The van der Waals surface area contributed by atoms with Crippen molar-refractivity contribution < 1.29 is 43.1 Å². The van der Waals surface area contributed by atoms with Crippen molar-refractivity contribution in [1.29, 1.82) is 0 Å². The molecule has 4 rings (SSSR count). The van der Waals surface area contributed by atoms with Crippen LogP contribution in [0.25, 0.3) is 11.3 Å². The highest BCUT2D eigenvalue weighted by Crippen LogP contribution is 2.40. The number of thioether (sulfide) groups is 1. The number of amides is 1. The van der Waals surface area contributed by atoms with Crippen molar-refractivity contribution in [3.8, 4) is 11.3 Å². The van der Waals surface area contributed by atoms with Crippen LogP contribution in [-0.2, 0) is 16.6 Å². The number of halogens is 3. The summed E-state index contributed by atoms with van der Waals surface area (Å²) in [5.74, 6) is -5.01. The smallest absolute Gasteiger partial charge is 0.238 e. The maximum Gasteiger partial charge on any atom is 0.238 e. The summed E-state index contributed by atoms with van der Waals surface area (Å²) in [7, 11) is 3.19. The zero-order chi connectivity index (χ0) is 29.3. The Hall–Kier alpha value is -3.02. The highest BCUT2D eigenvalue weighted by molar-refractivity contribution is 8.01. The van der Waals surface area contributed by atoms with Crippen molar-refractivity contribution in [2.75, 3.05) is 20.2 Å². The average molecular weight is 587 g/mol. The van der Waals surface area contributed by atoms with Crippen LogP contribution in [0.5, 0.6) is 0 Å². The van der Waals surface area contributed by atoms with Gasteiger partial charge in [-0.1, -0.05) is 5.21 Å². The van der Waals surface area contributed by atoms with Crippen molar-refractivity contribution in [1.82, 2.24) is 29.7 Å². The molecule has 1 aliphatic heterocycles. The van der Waals surface area contributed by atoms with Gasteiger partial charge >= 0.3 is 0 Å². The van der Waals surface area contributed by atoms with Gasteiger partial charge in [0.05, 0.1) is 18.5 Å². The van der Waals surface area contributed by atoms with Crippen LogP contribution in [0.15, 0.2) is 30.6 Å². The quantitative estimate of drug-likeness (QED) is 0.259. The van der Waals surface area contributed by atoms with E-state index in [0.29, 0.717) is 6.54 Å². The van der Waals surface area contributed by atoms with E-state index in [2.05, 4.69) is 15.4 Å². The van der Waals surface area contributed by atoms with Gasteiger partial charge < -0.3 is 30.1 Å². The fourth-order valence-corrected chi connectivity index (χ4v) is 5.68. The fourth-order valence-electron chi connectivity index (χ4n) is 4.28. The van der Waals surface area contributed by atoms with Crippen LogP contribution < -0.4 is 0 Å². The Labute approximate surface area is 231 Å². The third kappa shape index (κ3) is 5.87. The maximum absolute atomic E-state index is 13.8. The number of carbonyl (C=O) groups excluding carboxylic acids is 1. The van der Waals surface area contributed by atoms with Gasteiger partial charge in [0.25, 0.3) is 0 Å². The Morgan fingerprint density at radius 3 is 2.48 bits per heavy atom. The van der Waals surface area contributed by atoms with Gasteiger partial charge in [-0.25, -0.2) is 17.9 Å². The summed E-state index contributed by atoms with van der Waals surface area (Å²) < 4.78 is 49.2. The summed E-state index contributed by atoms with van der Waals surface area (Å²) in [4.78, 5) is 14.6. The van der Waals surface area contributed by atoms with Crippen LogP contribution in [0.4, 0.5) is 13.2 Å². The first-order chi connectivity index (χ1) is 19.0. The second-order valence-corrected chi connectivity index (χ2v) is 10.5. The molecule has 0 saturated carbocycles. The molecule has 1 fully saturated rings. The Kier molecular flexibility index (Phi) is 9.16. The summed E-state index contributed by atoms with van der Waals surface area (Å²) in [5, 5.41) is 53.8. The van der Waals surface area contributed by atoms with Crippen LogP contribution in [-0.4, -0.2) is 105 Å². The van der Waals surface area contributed by atoms with E-state index in [4.69, 9.17) is 4.74 Å². The van der Waals surface area contributed by atoms with E-state index in [1.54, 1.807) is 27.2 Å². The summed E-state index contributed by atoms with van der Waals surface area (Å²) >= 11 is 0.779. The molecule has 3 heterocycles. The number of aliphatic hydroxyl groups is 4. The normalized spacial score (nSPS) is 24.6. The topological polar surface area (TPSA) is 159 Å². The van der Waals surface area contributed by atoms with Gasteiger partial charge in [-0.2, -0.15) is 5.10 Å². The first-order valence-electron chi connectivity index (χ1n) is 12.2. The van der Waals surface area contributed by atoms with Gasteiger partial charge in [0.1, 0.15) is 46.8 Å². The molecule has 40 heavy (non-hydrogen) atoms. The number of rotatable bonds is 9. The molecule has 218 valence electrons. The molecule has 0 bridgehead atoms. The largest absolute Gasteiger partial charge is 0.394 e. The van der Waals surface area contributed by atoms with E-state index in [-0.39, 0.29) is 17.0 Å². The van der Waals surface area contributed by atoms with Crippen molar-refractivity contribution in [3.63, 3.8) is 0 Å². The molecule has 0 spiro atoms. The van der Waals surface area contributed by atoms with Gasteiger partial charge in [0.15, 0.2) is 17.5 Å². The van der Waals surface area contributed by atoms with Crippen molar-refractivity contribution in [2.24, 2.45) is 7.05 Å². The molecule has 1 amide bonds. The number of hydrogen-bond donors (Lipinski definition) is 4. The summed E-state index contributed by atoms with van der Waals surface area (Å²) in [6, 6.07) is 1.68. The first-order valence-corrected chi connectivity index (χ1v) is 13.2. The fraction of sp³-hybridized carbons (Fsp3) is 0.500. The first kappa shape index (κ1) is 30.0. The molecular formula is C24H29F3N6O6S. The lowest BCUT2D eigenvalue weighted by molar-refractivity contribution is -0.178. The number of nitrogens with zero attached hydrogens (tertiary/aromatic N) is 6. The SMILES string of the molecule is CCN(C)C(=O)[C@@H](S[C@@H]1O[C@H](CO)[C@H](O)[C@H](n2cc(-c3cc(F)c(F)c(F)c3)nn2)[C@H]1O)[C@@H](O)c1ccn(C)n1. The van der Waals surface area contributed by atoms with Crippen LogP contribution in [0.1, 0.15) is 24.8 Å². The number of aryl methyl sites for hydroxylation is 1. The molecule has 2 aromatic heterocycles. The number of benzene rings is 1. The van der Waals surface area contributed by atoms with Crippen LogP contribution in [0.2, 0.25) is 0 Å². The lowest BCUT2D eigenvalue weighted by atomic mass is 9.97. The third-order valence-electron chi connectivity index (χ3n) is 6.64. The molecule has 1 aromatic carbocycles. The minimum absolute atomic E-state index is 0.0864. The lowest BCUT2D eigenvalue weighted by Gasteiger charge is -2.43. The van der Waals surface area contributed by atoms with E-state index < -0.39 is 71.1 Å². The minimum atomic E-state index is -1.65. The van der Waals surface area contributed by atoms with Crippen molar-refractivity contribution in [2.45, 2.75) is 48.1 Å². The Bertz CT molecular complexity index is 1320. The predicted octanol–water partition coefficient (Wildman–Crippen LogP) is 0.390. The van der Waals surface area contributed by atoms with Gasteiger partial charge in [-0.3, -0.25) is 9.48 Å². The van der Waals surface area contributed by atoms with E-state index in [1.807, 2.05) is 0 Å². The van der Waals surface area contributed by atoms with Gasteiger partial charge in [-0.15, -0.1) is 16.9 Å². The zero-order valence-corrected chi connectivity index (χ0v) is 22.5. The monoisotopic (exact) mass is 586 g/mol. The molecule has 0 unspecified atom stereocenters. The molecule has 0 radical (unpaired) electrons. The molecule has 1 aliphatic rings. The lowest BCUT2D eigenvalue weighted by Crippen LogP contribution is -2.56. The van der Waals surface area contributed by atoms with E-state index in [0.717, 1.165) is 28.6 Å². The molecule has 3 aromatic rings. The summed E-state index contributed by atoms with van der Waals surface area (Å²) in [6.07, 6.45) is -2.97. The van der Waals surface area contributed by atoms with Crippen molar-refractivity contribution in [3.05, 3.63) is 53.7 Å². The number of ether oxygens (including phenoxy) is 1. The number of aliphatic hydroxyl groups excluding tert-OH is 4. The van der Waals surface area contributed by atoms with E-state index in [1.165, 1.54) is 21.8 Å². The predicted molar refractivity (Wildman–Crippen MR) is 135 cm³/mol. The van der Waals surface area contributed by atoms with Crippen LogP contribution >= 0.6 is 11.8 Å². The summed E-state index contributed by atoms with van der Waals surface area (Å²) in [6.45, 7) is 1.40. The molecule has 4 N–H and O–H groups in total. The number of hydrogen-bond acceptors (Lipinski definition) is 10. The minimum Gasteiger partial charge on any atom is -0.394 e. The highest BCUT2D eigenvalue weighted by Gasteiger charge is 2.48. The maximum atomic E-state index is 13.8. The van der Waals surface area contributed by atoms with E-state index in [9.17, 15) is 38.4 Å². The average Bonchev–Trinajstić information content (AvgIpc) is 3.59. The molecule has 1 saturated heterocycles. The second kappa shape index (κ2) is 12.2. The molecular weight excluding hydrogens is 557 g/mol. The van der Waals surface area contributed by atoms with Gasteiger partial charge in [0, 0.05) is 32.4 Å². The summed E-state index contributed by atoms with van der Waals surface area (Å²) in [5.41, 5.74) is -1.29. The van der Waals surface area contributed by atoms with Gasteiger partial charge in [-0.05, 0) is 25.1 Å². The second-order valence-electron chi connectivity index (χ2n) is 9.30. The van der Waals surface area contributed by atoms with Gasteiger partial charge in [0.2, 0.25) is 5.91 Å². The number of aromatic nitrogens is 5. The van der Waals surface area contributed by atoms with Crippen molar-refractivity contribution >= 4 is 17.7 Å². The highest BCUT2D eigenvalue weighted by atomic mass is 32.2. The third-order valence-corrected chi connectivity index (χ3v) is 8.05. The standard InChI is InChI=1S/C24H29F3N6O6S/c1-4-31(2)23(38)22(19(35)14-5-6-32(3)29-14)40-24-21(37)18(20(36)16(10-34)39-24)33-9-15(28-30-33)11-7-12(25)17(27)13(26)8-11/h5-9,16,18-22,24,34-37H,4,10H2,1-3H3/t16-,18+,19+,20+,21-,22+,24+/m1/s1. The zero-order valence-electron chi connectivity index (χ0n) is 21.7. The Morgan fingerprint density at radius 2 is 1.90 bits per heavy atom. The number of carbonyl (C=O) groups is 1. The van der Waals surface area contributed by atoms with Crippen LogP contribution in [0.3, 0.4) is 0 Å². The molecule has 7 atom stereocenters. The molecule has 0 aliphatic carbocycles. The van der Waals surface area contributed by atoms with Crippen LogP contribution in [0, 0.1) is 17.5 Å². The molecule has 12 nitrogen and oxygen atoms in total.